The molecule has 8 heteroatoms. The summed E-state index contributed by atoms with van der Waals surface area (Å²) >= 11 is 0. The molecule has 4 aromatic rings. The molecule has 4 rings (SSSR count). The fraction of sp³-hybridized carbons (Fsp3) is 0.0952. The van der Waals surface area contributed by atoms with E-state index >= 15 is 0 Å². The zero-order chi connectivity index (χ0) is 20.2. The number of aromatic amines is 2. The molecule has 4 N–H and O–H groups in total. The lowest BCUT2D eigenvalue weighted by atomic mass is 10.0. The normalized spacial score (nSPS) is 11.9. The molecule has 0 spiro atoms. The van der Waals surface area contributed by atoms with Gasteiger partial charge in [0.25, 0.3) is 5.91 Å². The third-order valence-corrected chi connectivity index (χ3v) is 4.43. The van der Waals surface area contributed by atoms with E-state index in [9.17, 15) is 14.4 Å². The predicted octanol–water partition coefficient (Wildman–Crippen LogP) is 2.43. The van der Waals surface area contributed by atoms with Crippen molar-refractivity contribution in [2.45, 2.75) is 12.5 Å². The number of anilines is 1. The fourth-order valence-corrected chi connectivity index (χ4v) is 3.04. The van der Waals surface area contributed by atoms with Crippen molar-refractivity contribution in [1.29, 1.82) is 0 Å². The minimum absolute atomic E-state index is 0.127. The Morgan fingerprint density at radius 3 is 2.52 bits per heavy atom. The molecule has 0 aliphatic heterocycles. The van der Waals surface area contributed by atoms with Gasteiger partial charge in [0.1, 0.15) is 6.04 Å². The van der Waals surface area contributed by atoms with Crippen LogP contribution in [0.15, 0.2) is 76.1 Å². The molecule has 0 saturated heterocycles. The number of H-pyrrole nitrogens is 2. The number of carbonyl (C=O) groups is 2. The van der Waals surface area contributed by atoms with Crippen LogP contribution < -0.4 is 16.3 Å². The zero-order valence-electron chi connectivity index (χ0n) is 15.3. The third-order valence-electron chi connectivity index (χ3n) is 4.43. The van der Waals surface area contributed by atoms with Crippen molar-refractivity contribution in [3.63, 3.8) is 0 Å². The number of amides is 2. The maximum Gasteiger partial charge on any atom is 0.323 e. The van der Waals surface area contributed by atoms with Gasteiger partial charge < -0.3 is 25.0 Å². The number of nitrogens with one attached hydrogen (secondary N) is 4. The van der Waals surface area contributed by atoms with Gasteiger partial charge in [-0.3, -0.25) is 9.59 Å². The van der Waals surface area contributed by atoms with E-state index in [1.165, 1.54) is 12.3 Å². The Balaban J connectivity index is 1.55. The van der Waals surface area contributed by atoms with Crippen molar-refractivity contribution in [3.8, 4) is 0 Å². The third kappa shape index (κ3) is 4.27. The van der Waals surface area contributed by atoms with Gasteiger partial charge >= 0.3 is 5.69 Å². The van der Waals surface area contributed by atoms with Gasteiger partial charge in [-0.05, 0) is 35.9 Å². The highest BCUT2D eigenvalue weighted by molar-refractivity contribution is 6.01. The maximum atomic E-state index is 12.9. The van der Waals surface area contributed by atoms with E-state index in [1.807, 2.05) is 30.3 Å². The van der Waals surface area contributed by atoms with E-state index in [4.69, 9.17) is 4.42 Å². The van der Waals surface area contributed by atoms with Crippen LogP contribution in [0.3, 0.4) is 0 Å². The second-order valence-corrected chi connectivity index (χ2v) is 6.52. The summed E-state index contributed by atoms with van der Waals surface area (Å²) < 4.78 is 5.11. The number of hydrogen-bond acceptors (Lipinski definition) is 4. The maximum absolute atomic E-state index is 12.9. The van der Waals surface area contributed by atoms with Crippen LogP contribution in [0.4, 0.5) is 5.69 Å². The summed E-state index contributed by atoms with van der Waals surface area (Å²) in [7, 11) is 0. The molecule has 0 aliphatic carbocycles. The van der Waals surface area contributed by atoms with Gasteiger partial charge in [0.15, 0.2) is 5.76 Å². The van der Waals surface area contributed by atoms with Gasteiger partial charge in [0, 0.05) is 12.1 Å². The highest BCUT2D eigenvalue weighted by Gasteiger charge is 2.23. The first-order valence-electron chi connectivity index (χ1n) is 9.00. The molecule has 0 unspecified atom stereocenters. The average molecular weight is 390 g/mol. The van der Waals surface area contributed by atoms with E-state index in [2.05, 4.69) is 20.6 Å². The lowest BCUT2D eigenvalue weighted by Crippen LogP contribution is -2.45. The van der Waals surface area contributed by atoms with E-state index in [0.717, 1.165) is 5.56 Å². The van der Waals surface area contributed by atoms with Crippen LogP contribution >= 0.6 is 0 Å². The number of furan rings is 1. The summed E-state index contributed by atoms with van der Waals surface area (Å²) in [6, 6.07) is 16.7. The Bertz CT molecular complexity index is 1190. The van der Waals surface area contributed by atoms with Crippen molar-refractivity contribution in [2.24, 2.45) is 0 Å². The van der Waals surface area contributed by atoms with Crippen LogP contribution in [0.25, 0.3) is 11.0 Å². The van der Waals surface area contributed by atoms with Gasteiger partial charge in [-0.1, -0.05) is 30.3 Å². The summed E-state index contributed by atoms with van der Waals surface area (Å²) in [6.45, 7) is 0. The summed E-state index contributed by atoms with van der Waals surface area (Å²) in [6.07, 6.45) is 1.70. The molecule has 2 amide bonds. The topological polar surface area (TPSA) is 120 Å². The molecule has 2 heterocycles. The Hall–Kier alpha value is -4.07. The molecule has 1 atom stereocenters. The predicted molar refractivity (Wildman–Crippen MR) is 108 cm³/mol. The van der Waals surface area contributed by atoms with Crippen LogP contribution in [0.1, 0.15) is 16.1 Å². The van der Waals surface area contributed by atoms with E-state index in [-0.39, 0.29) is 17.4 Å². The summed E-state index contributed by atoms with van der Waals surface area (Å²) in [5, 5.41) is 5.51. The Labute approximate surface area is 164 Å². The van der Waals surface area contributed by atoms with Crippen molar-refractivity contribution in [3.05, 3.63) is 88.7 Å². The molecule has 0 aliphatic rings. The zero-order valence-corrected chi connectivity index (χ0v) is 15.3. The minimum Gasteiger partial charge on any atom is -0.459 e. The van der Waals surface area contributed by atoms with Gasteiger partial charge in [0.2, 0.25) is 5.91 Å². The minimum atomic E-state index is -0.823. The standard InChI is InChI=1S/C21H18N4O4/c26-19(22-14-8-9-15-16(12-14)25-21(28)24-15)17(11-13-5-2-1-3-6-13)23-20(27)18-7-4-10-29-18/h1-10,12,17H,11H2,(H,22,26)(H,23,27)(H2,24,25,28)/t17-/m1/s1. The first kappa shape index (κ1) is 18.3. The lowest BCUT2D eigenvalue weighted by molar-refractivity contribution is -0.118. The van der Waals surface area contributed by atoms with Crippen molar-refractivity contribution in [2.75, 3.05) is 5.32 Å². The number of fused-ring (bicyclic) bond motifs is 1. The van der Waals surface area contributed by atoms with Crippen LogP contribution in [-0.4, -0.2) is 27.8 Å². The largest absolute Gasteiger partial charge is 0.459 e. The lowest BCUT2D eigenvalue weighted by Gasteiger charge is -2.18. The molecule has 0 bridgehead atoms. The Kier molecular flexibility index (Phi) is 4.98. The molecular formula is C21H18N4O4. The quantitative estimate of drug-likeness (QED) is 0.404. The summed E-state index contributed by atoms with van der Waals surface area (Å²) in [5.74, 6) is -0.732. The molecule has 2 aromatic heterocycles. The van der Waals surface area contributed by atoms with Crippen LogP contribution in [0.5, 0.6) is 0 Å². The Morgan fingerprint density at radius 2 is 1.76 bits per heavy atom. The number of aromatic nitrogens is 2. The summed E-state index contributed by atoms with van der Waals surface area (Å²) in [4.78, 5) is 42.0. The van der Waals surface area contributed by atoms with E-state index < -0.39 is 11.9 Å². The highest BCUT2D eigenvalue weighted by atomic mass is 16.3. The SMILES string of the molecule is O=C(N[C@H](Cc1ccccc1)C(=O)Nc1ccc2[nH]c(=O)[nH]c2c1)c1ccco1. The van der Waals surface area contributed by atoms with Crippen LogP contribution in [0, 0.1) is 0 Å². The molecule has 0 saturated carbocycles. The molecule has 2 aromatic carbocycles. The average Bonchev–Trinajstić information content (AvgIpc) is 3.37. The van der Waals surface area contributed by atoms with E-state index in [0.29, 0.717) is 23.1 Å². The van der Waals surface area contributed by atoms with E-state index in [1.54, 1.807) is 24.3 Å². The molecule has 0 fully saturated rings. The Morgan fingerprint density at radius 1 is 0.966 bits per heavy atom. The van der Waals surface area contributed by atoms with Crippen LogP contribution in [-0.2, 0) is 11.2 Å². The molecule has 146 valence electrons. The highest BCUT2D eigenvalue weighted by Crippen LogP contribution is 2.15. The van der Waals surface area contributed by atoms with Gasteiger partial charge in [0.05, 0.1) is 17.3 Å². The molecular weight excluding hydrogens is 372 g/mol. The molecule has 0 radical (unpaired) electrons. The molecule has 29 heavy (non-hydrogen) atoms. The number of carbonyl (C=O) groups excluding carboxylic acids is 2. The first-order valence-corrected chi connectivity index (χ1v) is 9.00. The monoisotopic (exact) mass is 390 g/mol. The summed E-state index contributed by atoms with van der Waals surface area (Å²) in [5.41, 5.74) is 2.30. The number of hydrogen-bond donors (Lipinski definition) is 4. The number of rotatable bonds is 6. The number of benzene rings is 2. The second-order valence-electron chi connectivity index (χ2n) is 6.52. The van der Waals surface area contributed by atoms with Crippen molar-refractivity contribution in [1.82, 2.24) is 15.3 Å². The first-order chi connectivity index (χ1) is 14.1. The van der Waals surface area contributed by atoms with Gasteiger partial charge in [-0.15, -0.1) is 0 Å². The number of imidazole rings is 1. The smallest absolute Gasteiger partial charge is 0.323 e. The second kappa shape index (κ2) is 7.89. The molecule has 8 nitrogen and oxygen atoms in total. The van der Waals surface area contributed by atoms with Crippen molar-refractivity contribution < 1.29 is 14.0 Å². The van der Waals surface area contributed by atoms with Gasteiger partial charge in [-0.2, -0.15) is 0 Å². The van der Waals surface area contributed by atoms with Crippen molar-refractivity contribution >= 4 is 28.5 Å². The van der Waals surface area contributed by atoms with Crippen LogP contribution in [0.2, 0.25) is 0 Å². The fourth-order valence-electron chi connectivity index (χ4n) is 3.04. The van der Waals surface area contributed by atoms with Gasteiger partial charge in [-0.25, -0.2) is 4.79 Å².